The lowest BCUT2D eigenvalue weighted by atomic mass is 10.1. The quantitative estimate of drug-likeness (QED) is 0.718. The average Bonchev–Trinajstić information content (AvgIpc) is 2.99. The molecule has 0 fully saturated rings. The molecular weight excluding hydrogens is 324 g/mol. The molecule has 3 aromatic rings. The molecule has 1 aromatic carbocycles. The second-order valence-electron chi connectivity index (χ2n) is 6.14. The molecule has 2 aromatic heterocycles. The number of halogens is 1. The van der Waals surface area contributed by atoms with Crippen LogP contribution in [0.5, 0.6) is 0 Å². The zero-order chi connectivity index (χ0) is 17.1. The Balaban J connectivity index is 1.60. The van der Waals surface area contributed by atoms with E-state index in [0.29, 0.717) is 18.1 Å². The van der Waals surface area contributed by atoms with Gasteiger partial charge in [0.15, 0.2) is 5.65 Å². The summed E-state index contributed by atoms with van der Waals surface area (Å²) in [6.45, 7) is 5.27. The van der Waals surface area contributed by atoms with Crippen molar-refractivity contribution in [2.45, 2.75) is 32.5 Å². The van der Waals surface area contributed by atoms with Gasteiger partial charge in [-0.3, -0.25) is 0 Å². The van der Waals surface area contributed by atoms with Gasteiger partial charge in [0.2, 0.25) is 0 Å². The maximum Gasteiger partial charge on any atom is 0.157 e. The minimum absolute atomic E-state index is 0.286. The summed E-state index contributed by atoms with van der Waals surface area (Å²) in [4.78, 5) is 4.51. The number of benzene rings is 1. The largest absolute Gasteiger partial charge is 0.387 e. The second kappa shape index (κ2) is 7.30. The van der Waals surface area contributed by atoms with Gasteiger partial charge in [0.1, 0.15) is 0 Å². The Morgan fingerprint density at radius 2 is 1.96 bits per heavy atom. The third-order valence-corrected chi connectivity index (χ3v) is 4.15. The molecule has 0 radical (unpaired) electrons. The molecule has 5 nitrogen and oxygen atoms in total. The first-order valence-electron chi connectivity index (χ1n) is 8.01. The Morgan fingerprint density at radius 3 is 2.67 bits per heavy atom. The monoisotopic (exact) mass is 344 g/mol. The summed E-state index contributed by atoms with van der Waals surface area (Å²) < 4.78 is 1.91. The molecule has 6 heteroatoms. The van der Waals surface area contributed by atoms with Gasteiger partial charge in [0.25, 0.3) is 0 Å². The van der Waals surface area contributed by atoms with Crippen LogP contribution in [0.2, 0.25) is 5.02 Å². The van der Waals surface area contributed by atoms with E-state index < -0.39 is 6.10 Å². The predicted molar refractivity (Wildman–Crippen MR) is 96.0 cm³/mol. The number of aliphatic hydroxyl groups excluding tert-OH is 1. The molecule has 0 aliphatic heterocycles. The minimum Gasteiger partial charge on any atom is -0.387 e. The summed E-state index contributed by atoms with van der Waals surface area (Å²) in [6, 6.07) is 9.60. The number of hydrogen-bond donors (Lipinski definition) is 2. The second-order valence-corrected chi connectivity index (χ2v) is 6.57. The van der Waals surface area contributed by atoms with Gasteiger partial charge < -0.3 is 10.4 Å². The Bertz CT molecular complexity index is 814. The highest BCUT2D eigenvalue weighted by molar-refractivity contribution is 6.30. The van der Waals surface area contributed by atoms with Gasteiger partial charge in [-0.1, -0.05) is 23.7 Å². The van der Waals surface area contributed by atoms with Crippen molar-refractivity contribution in [2.75, 3.05) is 6.54 Å². The fourth-order valence-electron chi connectivity index (χ4n) is 2.62. The number of aromatic nitrogens is 3. The summed E-state index contributed by atoms with van der Waals surface area (Å²) in [7, 11) is 0. The third kappa shape index (κ3) is 3.75. The topological polar surface area (TPSA) is 63.0 Å². The van der Waals surface area contributed by atoms with Crippen LogP contribution in [0.15, 0.2) is 42.7 Å². The molecule has 0 aliphatic carbocycles. The van der Waals surface area contributed by atoms with Crippen LogP contribution in [-0.2, 0) is 6.54 Å². The summed E-state index contributed by atoms with van der Waals surface area (Å²) in [5.74, 6) is 0. The lowest BCUT2D eigenvalue weighted by Gasteiger charge is -2.12. The predicted octanol–water partition coefficient (Wildman–Crippen LogP) is 3.49. The van der Waals surface area contributed by atoms with Crippen molar-refractivity contribution in [1.82, 2.24) is 20.1 Å². The van der Waals surface area contributed by atoms with Crippen molar-refractivity contribution in [3.05, 3.63) is 58.9 Å². The highest BCUT2D eigenvalue weighted by Crippen LogP contribution is 2.18. The molecule has 0 aliphatic rings. The van der Waals surface area contributed by atoms with Crippen molar-refractivity contribution < 1.29 is 5.11 Å². The fourth-order valence-corrected chi connectivity index (χ4v) is 2.74. The van der Waals surface area contributed by atoms with E-state index in [0.717, 1.165) is 22.2 Å². The van der Waals surface area contributed by atoms with Crippen LogP contribution in [0.25, 0.3) is 11.0 Å². The fraction of sp³-hybridized carbons (Fsp3) is 0.333. The Kier molecular flexibility index (Phi) is 5.14. The number of nitrogens with one attached hydrogen (secondary N) is 1. The van der Waals surface area contributed by atoms with Crippen LogP contribution in [0.3, 0.4) is 0 Å². The van der Waals surface area contributed by atoms with E-state index >= 15 is 0 Å². The highest BCUT2D eigenvalue weighted by atomic mass is 35.5. The molecule has 24 heavy (non-hydrogen) atoms. The first-order valence-corrected chi connectivity index (χ1v) is 8.39. The Hall–Kier alpha value is -1.95. The van der Waals surface area contributed by atoms with Crippen molar-refractivity contribution in [3.8, 4) is 0 Å². The van der Waals surface area contributed by atoms with E-state index in [1.165, 1.54) is 0 Å². The molecule has 1 atom stereocenters. The van der Waals surface area contributed by atoms with E-state index in [1.54, 1.807) is 12.1 Å². The van der Waals surface area contributed by atoms with Crippen molar-refractivity contribution in [1.29, 1.82) is 0 Å². The van der Waals surface area contributed by atoms with Crippen molar-refractivity contribution in [2.24, 2.45) is 0 Å². The maximum absolute atomic E-state index is 10.2. The number of fused-ring (bicyclic) bond motifs is 1. The third-order valence-electron chi connectivity index (χ3n) is 3.90. The summed E-state index contributed by atoms with van der Waals surface area (Å²) in [5, 5.41) is 19.5. The minimum atomic E-state index is -0.567. The molecule has 2 heterocycles. The molecular formula is C18H21ClN4O. The molecule has 0 spiro atoms. The van der Waals surface area contributed by atoms with Gasteiger partial charge in [-0.25, -0.2) is 9.67 Å². The first kappa shape index (κ1) is 16.9. The zero-order valence-electron chi connectivity index (χ0n) is 13.8. The summed E-state index contributed by atoms with van der Waals surface area (Å²) >= 11 is 5.86. The van der Waals surface area contributed by atoms with E-state index in [-0.39, 0.29) is 6.04 Å². The zero-order valence-corrected chi connectivity index (χ0v) is 14.5. The molecule has 0 bridgehead atoms. The number of aliphatic hydroxyl groups is 1. The SMILES string of the molecule is CC(C)n1ncc2cc(CNCC(O)c3ccc(Cl)cc3)cnc21. The van der Waals surface area contributed by atoms with Gasteiger partial charge in [-0.05, 0) is 43.2 Å². The molecule has 1 unspecified atom stereocenters. The lowest BCUT2D eigenvalue weighted by molar-refractivity contribution is 0.174. The van der Waals surface area contributed by atoms with Crippen molar-refractivity contribution in [3.63, 3.8) is 0 Å². The molecule has 126 valence electrons. The smallest absolute Gasteiger partial charge is 0.157 e. The lowest BCUT2D eigenvalue weighted by Crippen LogP contribution is -2.21. The molecule has 0 saturated carbocycles. The van der Waals surface area contributed by atoms with Gasteiger partial charge in [0.05, 0.1) is 12.3 Å². The van der Waals surface area contributed by atoms with Crippen LogP contribution >= 0.6 is 11.6 Å². The van der Waals surface area contributed by atoms with Crippen LogP contribution < -0.4 is 5.32 Å². The van der Waals surface area contributed by atoms with Crippen LogP contribution in [0.1, 0.15) is 37.1 Å². The molecule has 0 amide bonds. The number of hydrogen-bond acceptors (Lipinski definition) is 4. The van der Waals surface area contributed by atoms with Crippen LogP contribution in [0.4, 0.5) is 0 Å². The van der Waals surface area contributed by atoms with E-state index in [1.807, 2.05) is 29.2 Å². The average molecular weight is 345 g/mol. The van der Waals surface area contributed by atoms with Gasteiger partial charge in [-0.2, -0.15) is 5.10 Å². The highest BCUT2D eigenvalue weighted by Gasteiger charge is 2.09. The summed E-state index contributed by atoms with van der Waals surface area (Å²) in [5.41, 5.74) is 2.81. The van der Waals surface area contributed by atoms with Gasteiger partial charge in [-0.15, -0.1) is 0 Å². The Labute approximate surface area is 146 Å². The van der Waals surface area contributed by atoms with Crippen LogP contribution in [0, 0.1) is 0 Å². The Morgan fingerprint density at radius 1 is 1.21 bits per heavy atom. The molecule has 3 rings (SSSR count). The standard InChI is InChI=1S/C18H21ClN4O/c1-12(2)23-18-15(10-22-23)7-13(9-21-18)8-20-11-17(24)14-3-5-16(19)6-4-14/h3-7,9-10,12,17,20,24H,8,11H2,1-2H3. The number of rotatable bonds is 6. The van der Waals surface area contributed by atoms with E-state index in [2.05, 4.69) is 35.3 Å². The molecule has 0 saturated heterocycles. The first-order chi connectivity index (χ1) is 11.5. The summed E-state index contributed by atoms with van der Waals surface area (Å²) in [6.07, 6.45) is 3.13. The van der Waals surface area contributed by atoms with Gasteiger partial charge >= 0.3 is 0 Å². The number of pyridine rings is 1. The van der Waals surface area contributed by atoms with Crippen molar-refractivity contribution >= 4 is 22.6 Å². The van der Waals surface area contributed by atoms with Crippen LogP contribution in [-0.4, -0.2) is 26.4 Å². The van der Waals surface area contributed by atoms with E-state index in [9.17, 15) is 5.11 Å². The normalized spacial score (nSPS) is 12.9. The number of nitrogens with zero attached hydrogens (tertiary/aromatic N) is 3. The maximum atomic E-state index is 10.2. The molecule has 2 N–H and O–H groups in total. The van der Waals surface area contributed by atoms with Gasteiger partial charge in [0, 0.05) is 35.7 Å². The van der Waals surface area contributed by atoms with E-state index in [4.69, 9.17) is 11.6 Å².